The van der Waals surface area contributed by atoms with Crippen molar-refractivity contribution in [3.63, 3.8) is 0 Å². The van der Waals surface area contributed by atoms with Crippen molar-refractivity contribution < 1.29 is 14.3 Å². The van der Waals surface area contributed by atoms with E-state index >= 15 is 0 Å². The number of carbonyl (C=O) groups is 1. The van der Waals surface area contributed by atoms with Crippen LogP contribution in [0.3, 0.4) is 0 Å². The summed E-state index contributed by atoms with van der Waals surface area (Å²) in [6, 6.07) is 9.50. The number of methoxy groups -OCH3 is 2. The standard InChI is InChI=1S/C25H32N6O3/c1-5-7-21(26-6-2)22-10-11-27-25(30-22)28-19-8-9-20-18(16-19)17-23(29-20)24(32)31(12-14-33-3)13-15-34-4/h6-11,16-17,29H,5,12-15H2,1-4H3,(H,27,28,30)/b21-7-,26-6?. The number of benzene rings is 1. The molecule has 0 radical (unpaired) electrons. The highest BCUT2D eigenvalue weighted by Gasteiger charge is 2.18. The van der Waals surface area contributed by atoms with E-state index in [1.165, 1.54) is 0 Å². The minimum Gasteiger partial charge on any atom is -0.383 e. The van der Waals surface area contributed by atoms with E-state index in [4.69, 9.17) is 9.47 Å². The number of aromatic amines is 1. The summed E-state index contributed by atoms with van der Waals surface area (Å²) in [5.74, 6) is 0.380. The fourth-order valence-electron chi connectivity index (χ4n) is 3.46. The summed E-state index contributed by atoms with van der Waals surface area (Å²) >= 11 is 0. The number of aliphatic imine (C=N–C) groups is 1. The number of hydrogen-bond donors (Lipinski definition) is 2. The van der Waals surface area contributed by atoms with Crippen LogP contribution in [0, 0.1) is 0 Å². The molecule has 2 heterocycles. The van der Waals surface area contributed by atoms with Gasteiger partial charge in [0.25, 0.3) is 5.91 Å². The molecular formula is C25H32N6O3. The number of anilines is 2. The molecule has 0 saturated heterocycles. The summed E-state index contributed by atoms with van der Waals surface area (Å²) in [5, 5.41) is 4.16. The summed E-state index contributed by atoms with van der Waals surface area (Å²) in [6.07, 6.45) is 6.35. The van der Waals surface area contributed by atoms with Gasteiger partial charge in [-0.1, -0.05) is 13.0 Å². The molecule has 2 aromatic heterocycles. The van der Waals surface area contributed by atoms with Crippen molar-refractivity contribution in [2.75, 3.05) is 45.8 Å². The second kappa shape index (κ2) is 12.6. The average molecular weight is 465 g/mol. The van der Waals surface area contributed by atoms with Gasteiger partial charge < -0.3 is 24.7 Å². The van der Waals surface area contributed by atoms with Crippen molar-refractivity contribution in [1.29, 1.82) is 0 Å². The van der Waals surface area contributed by atoms with E-state index in [9.17, 15) is 4.79 Å². The van der Waals surface area contributed by atoms with Crippen molar-refractivity contribution in [2.24, 2.45) is 4.99 Å². The number of ether oxygens (including phenoxy) is 2. The normalized spacial score (nSPS) is 11.9. The quantitative estimate of drug-likeness (QED) is 0.388. The molecule has 0 fully saturated rings. The fraction of sp³-hybridized carbons (Fsp3) is 0.360. The third-order valence-corrected chi connectivity index (χ3v) is 5.11. The average Bonchev–Trinajstić information content (AvgIpc) is 3.27. The highest BCUT2D eigenvalue weighted by Crippen LogP contribution is 2.23. The summed E-state index contributed by atoms with van der Waals surface area (Å²) in [6.45, 7) is 5.84. The first-order valence-electron chi connectivity index (χ1n) is 11.3. The lowest BCUT2D eigenvalue weighted by molar-refractivity contribution is 0.0623. The Morgan fingerprint density at radius 1 is 1.18 bits per heavy atom. The van der Waals surface area contributed by atoms with E-state index in [1.54, 1.807) is 31.5 Å². The SMILES string of the molecule is CC=N/C(=C\CC)c1ccnc(Nc2ccc3[nH]c(C(=O)N(CCOC)CCOC)cc3c2)n1. The van der Waals surface area contributed by atoms with E-state index in [0.29, 0.717) is 37.9 Å². The Morgan fingerprint density at radius 2 is 1.94 bits per heavy atom. The molecule has 0 unspecified atom stereocenters. The maximum absolute atomic E-state index is 13.0. The molecule has 0 atom stereocenters. The van der Waals surface area contributed by atoms with Gasteiger partial charge in [0.05, 0.1) is 24.6 Å². The second-order valence-electron chi connectivity index (χ2n) is 7.54. The maximum Gasteiger partial charge on any atom is 0.270 e. The molecular weight excluding hydrogens is 432 g/mol. The minimum atomic E-state index is -0.0948. The Balaban J connectivity index is 1.81. The molecule has 0 aliphatic rings. The summed E-state index contributed by atoms with van der Waals surface area (Å²) in [4.78, 5) is 31.3. The van der Waals surface area contributed by atoms with Crippen LogP contribution in [0.5, 0.6) is 0 Å². The molecule has 9 heteroatoms. The molecule has 3 rings (SSSR count). The molecule has 3 aromatic rings. The molecule has 34 heavy (non-hydrogen) atoms. The zero-order chi connectivity index (χ0) is 24.3. The Kier molecular flexibility index (Phi) is 9.30. The van der Waals surface area contributed by atoms with Gasteiger partial charge in [-0.3, -0.25) is 9.79 Å². The second-order valence-corrected chi connectivity index (χ2v) is 7.54. The molecule has 1 amide bonds. The van der Waals surface area contributed by atoms with E-state index < -0.39 is 0 Å². The molecule has 0 aliphatic heterocycles. The first kappa shape index (κ1) is 25.1. The van der Waals surface area contributed by atoms with Gasteiger partial charge in [-0.25, -0.2) is 9.97 Å². The van der Waals surface area contributed by atoms with E-state index in [0.717, 1.165) is 34.4 Å². The van der Waals surface area contributed by atoms with Crippen LogP contribution in [0.1, 0.15) is 36.5 Å². The lowest BCUT2D eigenvalue weighted by Gasteiger charge is -2.21. The maximum atomic E-state index is 13.0. The van der Waals surface area contributed by atoms with Crippen LogP contribution in [0.25, 0.3) is 16.6 Å². The number of rotatable bonds is 12. The smallest absolute Gasteiger partial charge is 0.270 e. The van der Waals surface area contributed by atoms with Gasteiger partial charge in [0.1, 0.15) is 5.69 Å². The van der Waals surface area contributed by atoms with E-state index in [-0.39, 0.29) is 5.91 Å². The van der Waals surface area contributed by atoms with Gasteiger partial charge in [-0.15, -0.1) is 0 Å². The van der Waals surface area contributed by atoms with Gasteiger partial charge in [0, 0.05) is 56.3 Å². The largest absolute Gasteiger partial charge is 0.383 e. The first-order valence-corrected chi connectivity index (χ1v) is 11.3. The lowest BCUT2D eigenvalue weighted by atomic mass is 10.2. The zero-order valence-corrected chi connectivity index (χ0v) is 20.2. The van der Waals surface area contributed by atoms with E-state index in [2.05, 4.69) is 32.2 Å². The molecule has 0 bridgehead atoms. The molecule has 2 N–H and O–H groups in total. The monoisotopic (exact) mass is 464 g/mol. The first-order chi connectivity index (χ1) is 16.6. The van der Waals surface area contributed by atoms with Gasteiger partial charge in [0.15, 0.2) is 0 Å². The van der Waals surface area contributed by atoms with Crippen molar-refractivity contribution in [3.05, 3.63) is 54.0 Å². The van der Waals surface area contributed by atoms with Gasteiger partial charge in [-0.05, 0) is 43.7 Å². The number of nitrogens with zero attached hydrogens (tertiary/aromatic N) is 4. The Bertz CT molecular complexity index is 1150. The minimum absolute atomic E-state index is 0.0948. The van der Waals surface area contributed by atoms with Crippen LogP contribution in [0.15, 0.2) is 47.6 Å². The highest BCUT2D eigenvalue weighted by molar-refractivity contribution is 5.98. The lowest BCUT2D eigenvalue weighted by Crippen LogP contribution is -2.36. The number of carbonyl (C=O) groups excluding carboxylic acids is 1. The van der Waals surface area contributed by atoms with Crippen LogP contribution < -0.4 is 5.32 Å². The third kappa shape index (κ3) is 6.49. The Hall–Kier alpha value is -3.56. The molecule has 0 saturated carbocycles. The van der Waals surface area contributed by atoms with Crippen LogP contribution in [0.4, 0.5) is 11.6 Å². The zero-order valence-electron chi connectivity index (χ0n) is 20.2. The number of aromatic nitrogens is 3. The fourth-order valence-corrected chi connectivity index (χ4v) is 3.46. The predicted molar refractivity (Wildman–Crippen MR) is 136 cm³/mol. The molecule has 180 valence electrons. The van der Waals surface area contributed by atoms with Crippen molar-refractivity contribution in [3.8, 4) is 0 Å². The van der Waals surface area contributed by atoms with Crippen LogP contribution in [0.2, 0.25) is 0 Å². The van der Waals surface area contributed by atoms with Crippen molar-refractivity contribution in [1.82, 2.24) is 19.9 Å². The Labute approximate surface area is 199 Å². The van der Waals surface area contributed by atoms with Crippen LogP contribution in [-0.2, 0) is 9.47 Å². The van der Waals surface area contributed by atoms with Crippen molar-refractivity contribution >= 4 is 40.4 Å². The molecule has 9 nitrogen and oxygen atoms in total. The molecule has 0 aliphatic carbocycles. The summed E-state index contributed by atoms with van der Waals surface area (Å²) < 4.78 is 10.3. The van der Waals surface area contributed by atoms with Gasteiger partial charge in [0.2, 0.25) is 5.95 Å². The Morgan fingerprint density at radius 3 is 2.62 bits per heavy atom. The van der Waals surface area contributed by atoms with Crippen molar-refractivity contribution in [2.45, 2.75) is 20.3 Å². The number of hydrogen-bond acceptors (Lipinski definition) is 7. The predicted octanol–water partition coefficient (Wildman–Crippen LogP) is 4.28. The number of fused-ring (bicyclic) bond motifs is 1. The van der Waals surface area contributed by atoms with Crippen LogP contribution >= 0.6 is 0 Å². The summed E-state index contributed by atoms with van der Waals surface area (Å²) in [5.41, 5.74) is 3.77. The summed E-state index contributed by atoms with van der Waals surface area (Å²) in [7, 11) is 3.24. The van der Waals surface area contributed by atoms with Gasteiger partial charge in [-0.2, -0.15) is 0 Å². The highest BCUT2D eigenvalue weighted by atomic mass is 16.5. The number of H-pyrrole nitrogens is 1. The van der Waals surface area contributed by atoms with E-state index in [1.807, 2.05) is 43.3 Å². The molecule has 0 spiro atoms. The topological polar surface area (TPSA) is 105 Å². The molecule has 1 aromatic carbocycles. The third-order valence-electron chi connectivity index (χ3n) is 5.11. The number of allylic oxidation sites excluding steroid dienone is 1. The number of amides is 1. The van der Waals surface area contributed by atoms with Crippen LogP contribution in [-0.4, -0.2) is 72.5 Å². The number of nitrogens with one attached hydrogen (secondary N) is 2. The van der Waals surface area contributed by atoms with Gasteiger partial charge >= 0.3 is 0 Å².